The van der Waals surface area contributed by atoms with Crippen LogP contribution in [0.25, 0.3) is 27.8 Å². The zero-order valence-corrected chi connectivity index (χ0v) is 18.4. The fraction of sp³-hybridized carbons (Fsp3) is 0.391. The minimum atomic E-state index is -0.408. The van der Waals surface area contributed by atoms with Gasteiger partial charge in [0.1, 0.15) is 5.65 Å². The Morgan fingerprint density at radius 2 is 2.18 bits per heavy atom. The number of H-pyrrole nitrogens is 1. The van der Waals surface area contributed by atoms with Crippen LogP contribution in [0.4, 0.5) is 10.3 Å². The number of likely N-dealkylation sites (tertiary alicyclic amines) is 1. The summed E-state index contributed by atoms with van der Waals surface area (Å²) in [6.45, 7) is 2.99. The molecule has 4 aromatic heterocycles. The predicted molar refractivity (Wildman–Crippen MR) is 121 cm³/mol. The number of imidazole rings is 1. The Bertz CT molecular complexity index is 1390. The van der Waals surface area contributed by atoms with Crippen LogP contribution < -0.4 is 10.1 Å². The van der Waals surface area contributed by atoms with Gasteiger partial charge in [-0.1, -0.05) is 0 Å². The average molecular weight is 449 g/mol. The number of rotatable bonds is 5. The Kier molecular flexibility index (Phi) is 4.33. The van der Waals surface area contributed by atoms with E-state index in [1.54, 1.807) is 30.1 Å². The molecule has 1 saturated carbocycles. The second kappa shape index (κ2) is 7.16. The van der Waals surface area contributed by atoms with Gasteiger partial charge in [0.25, 0.3) is 0 Å². The van der Waals surface area contributed by atoms with Crippen molar-refractivity contribution in [1.82, 2.24) is 29.2 Å². The number of pyridine rings is 1. The van der Waals surface area contributed by atoms with Crippen molar-refractivity contribution in [3.05, 3.63) is 36.7 Å². The molecule has 0 aromatic carbocycles. The molecule has 0 unspecified atom stereocenters. The third-order valence-electron chi connectivity index (χ3n) is 6.88. The SMILES string of the molecule is COc1nc(NC2CC(C)(N3CCCC3=O)C2)nc2[nH]cc(-c3cc(F)c4nccn4c3)c12. The van der Waals surface area contributed by atoms with E-state index in [9.17, 15) is 9.18 Å². The lowest BCUT2D eigenvalue weighted by Crippen LogP contribution is -2.59. The zero-order valence-electron chi connectivity index (χ0n) is 18.4. The summed E-state index contributed by atoms with van der Waals surface area (Å²) in [6.07, 6.45) is 10.1. The fourth-order valence-corrected chi connectivity index (χ4v) is 5.30. The molecule has 1 aliphatic carbocycles. The number of methoxy groups -OCH3 is 1. The molecule has 170 valence electrons. The molecule has 1 amide bonds. The second-order valence-electron chi connectivity index (χ2n) is 9.11. The average Bonchev–Trinajstić information content (AvgIpc) is 3.51. The van der Waals surface area contributed by atoms with E-state index in [0.717, 1.165) is 31.4 Å². The maximum Gasteiger partial charge on any atom is 0.228 e. The molecule has 33 heavy (non-hydrogen) atoms. The lowest BCUT2D eigenvalue weighted by molar-refractivity contribution is -0.136. The number of halogens is 1. The topological polar surface area (TPSA) is 100 Å². The van der Waals surface area contributed by atoms with Crippen molar-refractivity contribution in [3.8, 4) is 17.0 Å². The highest BCUT2D eigenvalue weighted by Crippen LogP contribution is 2.41. The largest absolute Gasteiger partial charge is 0.480 e. The van der Waals surface area contributed by atoms with Gasteiger partial charge in [0, 0.05) is 60.5 Å². The smallest absolute Gasteiger partial charge is 0.228 e. The minimum Gasteiger partial charge on any atom is -0.480 e. The van der Waals surface area contributed by atoms with Gasteiger partial charge in [-0.2, -0.15) is 9.97 Å². The van der Waals surface area contributed by atoms with Crippen molar-refractivity contribution in [2.24, 2.45) is 0 Å². The number of aromatic amines is 1. The van der Waals surface area contributed by atoms with E-state index in [1.165, 1.54) is 6.07 Å². The molecule has 2 N–H and O–H groups in total. The van der Waals surface area contributed by atoms with Gasteiger partial charge in [-0.3, -0.25) is 4.79 Å². The van der Waals surface area contributed by atoms with Gasteiger partial charge in [-0.05, 0) is 32.3 Å². The molecule has 1 aliphatic heterocycles. The van der Waals surface area contributed by atoms with E-state index in [0.29, 0.717) is 34.8 Å². The maximum atomic E-state index is 14.5. The van der Waals surface area contributed by atoms with Crippen LogP contribution in [0.5, 0.6) is 5.88 Å². The number of hydrogen-bond donors (Lipinski definition) is 2. The molecular formula is C23H24FN7O2. The number of nitrogens with one attached hydrogen (secondary N) is 2. The predicted octanol–water partition coefficient (Wildman–Crippen LogP) is 3.38. The third-order valence-corrected chi connectivity index (χ3v) is 6.88. The lowest BCUT2D eigenvalue weighted by Gasteiger charge is -2.51. The summed E-state index contributed by atoms with van der Waals surface area (Å²) in [5.74, 6) is 0.708. The maximum absolute atomic E-state index is 14.5. The number of amides is 1. The summed E-state index contributed by atoms with van der Waals surface area (Å²) in [7, 11) is 1.56. The lowest BCUT2D eigenvalue weighted by atomic mass is 9.73. The summed E-state index contributed by atoms with van der Waals surface area (Å²) in [6, 6.07) is 1.63. The van der Waals surface area contributed by atoms with Crippen LogP contribution >= 0.6 is 0 Å². The first-order valence-corrected chi connectivity index (χ1v) is 11.1. The van der Waals surface area contributed by atoms with Gasteiger partial charge in [0.15, 0.2) is 11.5 Å². The summed E-state index contributed by atoms with van der Waals surface area (Å²) in [5, 5.41) is 4.07. The Morgan fingerprint density at radius 3 is 2.94 bits per heavy atom. The molecule has 2 fully saturated rings. The highest BCUT2D eigenvalue weighted by atomic mass is 19.1. The second-order valence-corrected chi connectivity index (χ2v) is 9.11. The van der Waals surface area contributed by atoms with E-state index in [-0.39, 0.29) is 23.1 Å². The highest BCUT2D eigenvalue weighted by molar-refractivity contribution is 5.97. The van der Waals surface area contributed by atoms with Crippen molar-refractivity contribution in [3.63, 3.8) is 0 Å². The standard InChI is InChI=1S/C23H24FN7O2/c1-23(31-6-3-4-17(31)32)9-14(10-23)27-22-28-19-18(21(29-22)33-2)15(11-26-19)13-8-16(24)20-25-5-7-30(20)12-13/h5,7-8,11-12,14H,3-4,6,9-10H2,1-2H3,(H2,26,27,28,29). The number of aromatic nitrogens is 5. The van der Waals surface area contributed by atoms with E-state index < -0.39 is 5.82 Å². The van der Waals surface area contributed by atoms with Crippen LogP contribution in [-0.2, 0) is 4.79 Å². The van der Waals surface area contributed by atoms with E-state index in [4.69, 9.17) is 4.74 Å². The summed E-state index contributed by atoms with van der Waals surface area (Å²) >= 11 is 0. The molecule has 6 rings (SSSR count). The van der Waals surface area contributed by atoms with Gasteiger partial charge in [0.05, 0.1) is 12.5 Å². The summed E-state index contributed by atoms with van der Waals surface area (Å²) < 4.78 is 21.7. The number of nitrogens with zero attached hydrogens (tertiary/aromatic N) is 5. The van der Waals surface area contributed by atoms with Crippen molar-refractivity contribution in [2.45, 2.75) is 44.2 Å². The number of carbonyl (C=O) groups is 1. The monoisotopic (exact) mass is 449 g/mol. The van der Waals surface area contributed by atoms with Crippen LogP contribution in [0, 0.1) is 5.82 Å². The van der Waals surface area contributed by atoms with Gasteiger partial charge < -0.3 is 24.3 Å². The summed E-state index contributed by atoms with van der Waals surface area (Å²) in [4.78, 5) is 30.6. The fourth-order valence-electron chi connectivity index (χ4n) is 5.30. The van der Waals surface area contributed by atoms with E-state index in [2.05, 4.69) is 32.2 Å². The van der Waals surface area contributed by atoms with Crippen molar-refractivity contribution in [1.29, 1.82) is 0 Å². The molecule has 0 spiro atoms. The molecule has 0 atom stereocenters. The number of ether oxygens (including phenoxy) is 1. The number of fused-ring (bicyclic) bond motifs is 2. The summed E-state index contributed by atoms with van der Waals surface area (Å²) in [5.41, 5.74) is 2.18. The molecule has 4 aromatic rings. The van der Waals surface area contributed by atoms with Gasteiger partial charge in [-0.25, -0.2) is 9.37 Å². The van der Waals surface area contributed by atoms with Crippen LogP contribution in [0.1, 0.15) is 32.6 Å². The molecular weight excluding hydrogens is 425 g/mol. The Morgan fingerprint density at radius 1 is 1.33 bits per heavy atom. The van der Waals surface area contributed by atoms with Crippen LogP contribution in [0.3, 0.4) is 0 Å². The Hall–Kier alpha value is -3.69. The van der Waals surface area contributed by atoms with Crippen LogP contribution in [-0.4, -0.2) is 60.4 Å². The third kappa shape index (κ3) is 3.12. The molecule has 0 bridgehead atoms. The van der Waals surface area contributed by atoms with Crippen molar-refractivity contribution >= 4 is 28.5 Å². The van der Waals surface area contributed by atoms with Crippen molar-refractivity contribution in [2.75, 3.05) is 19.0 Å². The van der Waals surface area contributed by atoms with Gasteiger partial charge in [0.2, 0.25) is 17.7 Å². The molecule has 10 heteroatoms. The zero-order chi connectivity index (χ0) is 22.7. The molecule has 5 heterocycles. The van der Waals surface area contributed by atoms with E-state index in [1.807, 2.05) is 11.1 Å². The first kappa shape index (κ1) is 20.0. The highest BCUT2D eigenvalue weighted by Gasteiger charge is 2.48. The molecule has 1 saturated heterocycles. The van der Waals surface area contributed by atoms with Crippen LogP contribution in [0.15, 0.2) is 30.9 Å². The molecule has 0 radical (unpaired) electrons. The first-order chi connectivity index (χ1) is 15.9. The van der Waals surface area contributed by atoms with E-state index >= 15 is 0 Å². The van der Waals surface area contributed by atoms with Crippen LogP contribution in [0.2, 0.25) is 0 Å². The Balaban J connectivity index is 1.29. The molecule has 2 aliphatic rings. The molecule has 9 nitrogen and oxygen atoms in total. The number of carbonyl (C=O) groups excluding carboxylic acids is 1. The Labute approximate surface area is 189 Å². The van der Waals surface area contributed by atoms with Gasteiger partial charge in [-0.15, -0.1) is 0 Å². The minimum absolute atomic E-state index is 0.102. The van der Waals surface area contributed by atoms with Gasteiger partial charge >= 0.3 is 0 Å². The van der Waals surface area contributed by atoms with Crippen molar-refractivity contribution < 1.29 is 13.9 Å². The number of anilines is 1. The first-order valence-electron chi connectivity index (χ1n) is 11.1. The number of hydrogen-bond acceptors (Lipinski definition) is 6. The normalized spacial score (nSPS) is 22.8. The quantitative estimate of drug-likeness (QED) is 0.485.